The highest BCUT2D eigenvalue weighted by molar-refractivity contribution is 6.06. The fourth-order valence-corrected chi connectivity index (χ4v) is 3.52. The van der Waals surface area contributed by atoms with Crippen molar-refractivity contribution in [1.29, 1.82) is 0 Å². The molecule has 1 amide bonds. The van der Waals surface area contributed by atoms with Gasteiger partial charge in [-0.15, -0.1) is 5.10 Å². The van der Waals surface area contributed by atoms with E-state index in [-0.39, 0.29) is 5.91 Å². The molecule has 1 aliphatic rings. The van der Waals surface area contributed by atoms with Gasteiger partial charge in [0.1, 0.15) is 0 Å². The van der Waals surface area contributed by atoms with Crippen LogP contribution in [0.1, 0.15) is 16.1 Å². The van der Waals surface area contributed by atoms with E-state index in [1.807, 2.05) is 54.6 Å². The Morgan fingerprint density at radius 2 is 1.75 bits per heavy atom. The summed E-state index contributed by atoms with van der Waals surface area (Å²) < 4.78 is 0. The number of hydrogen-bond acceptors (Lipinski definition) is 4. The van der Waals surface area contributed by atoms with E-state index in [1.54, 1.807) is 17.3 Å². The van der Waals surface area contributed by atoms with Crippen LogP contribution in [0.25, 0.3) is 16.8 Å². The van der Waals surface area contributed by atoms with Gasteiger partial charge >= 0.3 is 0 Å². The van der Waals surface area contributed by atoms with Crippen molar-refractivity contribution in [3.05, 3.63) is 90.5 Å². The fraction of sp³-hybridized carbons (Fsp3) is 0.0909. The van der Waals surface area contributed by atoms with Crippen LogP contribution >= 0.6 is 0 Å². The Labute approximate surface area is 162 Å². The maximum atomic E-state index is 13.0. The van der Waals surface area contributed by atoms with Gasteiger partial charge < -0.3 is 4.90 Å². The van der Waals surface area contributed by atoms with Crippen LogP contribution in [0.2, 0.25) is 0 Å². The van der Waals surface area contributed by atoms with E-state index < -0.39 is 0 Å². The molecule has 0 fully saturated rings. The predicted molar refractivity (Wildman–Crippen MR) is 106 cm³/mol. The lowest BCUT2D eigenvalue weighted by Gasteiger charge is -2.16. The third-order valence-corrected chi connectivity index (χ3v) is 4.93. The Morgan fingerprint density at radius 1 is 0.929 bits per heavy atom. The van der Waals surface area contributed by atoms with Crippen LogP contribution in [-0.4, -0.2) is 32.4 Å². The van der Waals surface area contributed by atoms with E-state index in [0.717, 1.165) is 34.5 Å². The number of aromatic nitrogens is 4. The number of anilines is 1. The summed E-state index contributed by atoms with van der Waals surface area (Å²) in [6.45, 7) is 0.645. The number of rotatable bonds is 3. The first-order valence-corrected chi connectivity index (χ1v) is 9.12. The summed E-state index contributed by atoms with van der Waals surface area (Å²) in [6, 6.07) is 19.7. The molecule has 0 saturated carbocycles. The van der Waals surface area contributed by atoms with Gasteiger partial charge in [0.15, 0.2) is 5.69 Å². The van der Waals surface area contributed by atoms with Crippen molar-refractivity contribution in [3.63, 3.8) is 0 Å². The highest BCUT2D eigenvalue weighted by atomic mass is 16.2. The van der Waals surface area contributed by atoms with Gasteiger partial charge in [-0.25, -0.2) is 0 Å². The monoisotopic (exact) mass is 367 g/mol. The summed E-state index contributed by atoms with van der Waals surface area (Å²) in [5, 5.41) is 8.61. The van der Waals surface area contributed by atoms with E-state index in [2.05, 4.69) is 21.2 Å². The van der Waals surface area contributed by atoms with Crippen LogP contribution in [0, 0.1) is 0 Å². The lowest BCUT2D eigenvalue weighted by Crippen LogP contribution is -2.29. The van der Waals surface area contributed by atoms with E-state index in [9.17, 15) is 4.79 Å². The van der Waals surface area contributed by atoms with Crippen molar-refractivity contribution in [1.82, 2.24) is 20.0 Å². The normalized spacial score (nSPS) is 12.8. The molecule has 5 rings (SSSR count). The molecule has 0 bridgehead atoms. The van der Waals surface area contributed by atoms with Gasteiger partial charge in [0.2, 0.25) is 0 Å². The first kappa shape index (κ1) is 16.4. The molecular weight excluding hydrogens is 350 g/mol. The van der Waals surface area contributed by atoms with Crippen LogP contribution in [0.3, 0.4) is 0 Å². The number of benzene rings is 2. The topological polar surface area (TPSA) is 63.9 Å². The minimum absolute atomic E-state index is 0.127. The van der Waals surface area contributed by atoms with Crippen LogP contribution in [0.4, 0.5) is 5.69 Å². The lowest BCUT2D eigenvalue weighted by atomic mass is 10.0. The van der Waals surface area contributed by atoms with Crippen molar-refractivity contribution in [2.75, 3.05) is 11.4 Å². The van der Waals surface area contributed by atoms with Crippen LogP contribution in [0.15, 0.2) is 79.3 Å². The van der Waals surface area contributed by atoms with E-state index in [4.69, 9.17) is 0 Å². The number of hydrogen-bond donors (Lipinski definition) is 0. The molecule has 0 aliphatic carbocycles. The number of nitrogens with zero attached hydrogens (tertiary/aromatic N) is 5. The molecular formula is C22H17N5O. The van der Waals surface area contributed by atoms with Crippen molar-refractivity contribution in [2.24, 2.45) is 0 Å². The maximum Gasteiger partial charge on any atom is 0.280 e. The smallest absolute Gasteiger partial charge is 0.280 e. The summed E-state index contributed by atoms with van der Waals surface area (Å²) in [7, 11) is 0. The Balaban J connectivity index is 1.42. The van der Waals surface area contributed by atoms with Crippen molar-refractivity contribution < 1.29 is 4.79 Å². The molecule has 28 heavy (non-hydrogen) atoms. The number of pyridine rings is 1. The second-order valence-corrected chi connectivity index (χ2v) is 6.64. The largest absolute Gasteiger partial charge is 0.306 e. The molecule has 136 valence electrons. The fourth-order valence-electron chi connectivity index (χ4n) is 3.52. The molecule has 2 aromatic carbocycles. The predicted octanol–water partition coefficient (Wildman–Crippen LogP) is 3.53. The molecule has 0 unspecified atom stereocenters. The molecule has 6 nitrogen and oxygen atoms in total. The quantitative estimate of drug-likeness (QED) is 0.556. The lowest BCUT2D eigenvalue weighted by molar-refractivity contribution is 0.0984. The van der Waals surface area contributed by atoms with Gasteiger partial charge in [-0.2, -0.15) is 9.90 Å². The average molecular weight is 367 g/mol. The highest BCUT2D eigenvalue weighted by Crippen LogP contribution is 2.33. The molecule has 2 aromatic heterocycles. The molecule has 0 spiro atoms. The van der Waals surface area contributed by atoms with Crippen molar-refractivity contribution in [3.8, 4) is 16.8 Å². The zero-order chi connectivity index (χ0) is 18.9. The van der Waals surface area contributed by atoms with Gasteiger partial charge in [0, 0.05) is 24.6 Å². The number of fused-ring (bicyclic) bond motifs is 1. The zero-order valence-corrected chi connectivity index (χ0v) is 15.1. The van der Waals surface area contributed by atoms with Gasteiger partial charge in [-0.1, -0.05) is 24.3 Å². The minimum Gasteiger partial charge on any atom is -0.306 e. The summed E-state index contributed by atoms with van der Waals surface area (Å²) in [5.74, 6) is -0.127. The van der Waals surface area contributed by atoms with Crippen molar-refractivity contribution in [2.45, 2.75) is 6.42 Å². The van der Waals surface area contributed by atoms with E-state index >= 15 is 0 Å². The molecule has 0 radical (unpaired) electrons. The Hall–Kier alpha value is -3.80. The second kappa shape index (κ2) is 6.74. The molecule has 1 aliphatic heterocycles. The first-order valence-electron chi connectivity index (χ1n) is 9.12. The van der Waals surface area contributed by atoms with Crippen LogP contribution < -0.4 is 4.90 Å². The standard InChI is InChI=1S/C22H17N5O/c28-22(20-15-24-27(25-20)19-4-2-1-3-5-19)26-13-10-18-14-17(6-7-21(18)26)16-8-11-23-12-9-16/h1-9,11-12,14-15H,10,13H2. The number of carbonyl (C=O) groups is 1. The first-order chi connectivity index (χ1) is 13.8. The van der Waals surface area contributed by atoms with Gasteiger partial charge in [-0.05, 0) is 59.5 Å². The second-order valence-electron chi connectivity index (χ2n) is 6.64. The molecule has 0 atom stereocenters. The summed E-state index contributed by atoms with van der Waals surface area (Å²) in [4.78, 5) is 20.3. The van der Waals surface area contributed by atoms with E-state index in [0.29, 0.717) is 12.2 Å². The molecule has 0 saturated heterocycles. The number of para-hydroxylation sites is 1. The zero-order valence-electron chi connectivity index (χ0n) is 15.1. The summed E-state index contributed by atoms with van der Waals surface area (Å²) in [6.07, 6.45) is 5.92. The molecule has 0 N–H and O–H groups in total. The number of amides is 1. The molecule has 6 heteroatoms. The Kier molecular flexibility index (Phi) is 3.94. The van der Waals surface area contributed by atoms with Gasteiger partial charge in [-0.3, -0.25) is 9.78 Å². The van der Waals surface area contributed by atoms with Crippen LogP contribution in [0.5, 0.6) is 0 Å². The minimum atomic E-state index is -0.127. The number of carbonyl (C=O) groups excluding carboxylic acids is 1. The average Bonchev–Trinajstić information content (AvgIpc) is 3.42. The summed E-state index contributed by atoms with van der Waals surface area (Å²) in [5.41, 5.74) is 5.52. The maximum absolute atomic E-state index is 13.0. The Morgan fingerprint density at radius 3 is 2.57 bits per heavy atom. The molecule has 3 heterocycles. The third kappa shape index (κ3) is 2.85. The van der Waals surface area contributed by atoms with E-state index in [1.165, 1.54) is 11.0 Å². The Bertz CT molecular complexity index is 1140. The van der Waals surface area contributed by atoms with Crippen molar-refractivity contribution >= 4 is 11.6 Å². The van der Waals surface area contributed by atoms with Gasteiger partial charge in [0.05, 0.1) is 11.9 Å². The third-order valence-electron chi connectivity index (χ3n) is 4.93. The SMILES string of the molecule is O=C(c1cnn(-c2ccccc2)n1)N1CCc2cc(-c3ccncc3)ccc21. The molecule has 4 aromatic rings. The summed E-state index contributed by atoms with van der Waals surface area (Å²) >= 11 is 0. The van der Waals surface area contributed by atoms with Gasteiger partial charge in [0.25, 0.3) is 5.91 Å². The highest BCUT2D eigenvalue weighted by Gasteiger charge is 2.27. The van der Waals surface area contributed by atoms with Crippen LogP contribution in [-0.2, 0) is 6.42 Å².